The average Bonchev–Trinajstić information content (AvgIpc) is 3.06. The molecule has 1 heterocycles. The topological polar surface area (TPSA) is 66.0 Å². The Balaban J connectivity index is 1.48. The van der Waals surface area contributed by atoms with Crippen LogP contribution < -0.4 is 5.32 Å². The minimum Gasteiger partial charge on any atom is -0.374 e. The summed E-state index contributed by atoms with van der Waals surface area (Å²) in [6, 6.07) is 38.6. The van der Waals surface area contributed by atoms with Crippen molar-refractivity contribution < 1.29 is 23.7 Å². The van der Waals surface area contributed by atoms with Crippen LogP contribution in [0.2, 0.25) is 0 Å². The maximum Gasteiger partial charge on any atom is 0.272 e. The zero-order chi connectivity index (χ0) is 31.5. The molecule has 5 unspecified atom stereocenters. The van der Waals surface area contributed by atoms with Crippen molar-refractivity contribution in [3.05, 3.63) is 138 Å². The standard InChI is InChI=1S/C35H34Cl3NO5S/c36-35(37,38)34(40)39-30-32(43-23-27-17-9-3-10-18-27)31(42-22-26-15-7-2-8-16-26)29(24-41-21-25-13-5-1-6-14-25)44-33(30)45-28-19-11-4-12-20-28/h1-20,29-33H,21-24H2,(H,39,40). The van der Waals surface area contributed by atoms with Crippen LogP contribution in [0.1, 0.15) is 16.7 Å². The lowest BCUT2D eigenvalue weighted by atomic mass is 9.97. The molecule has 236 valence electrons. The van der Waals surface area contributed by atoms with Crippen LogP contribution in [0.3, 0.4) is 0 Å². The third kappa shape index (κ3) is 10.2. The van der Waals surface area contributed by atoms with E-state index in [-0.39, 0.29) is 19.8 Å². The molecular formula is C35H34Cl3NO5S. The number of nitrogens with one attached hydrogen (secondary N) is 1. The van der Waals surface area contributed by atoms with E-state index >= 15 is 0 Å². The van der Waals surface area contributed by atoms with Gasteiger partial charge in [-0.25, -0.2) is 0 Å². The number of hydrogen-bond donors (Lipinski definition) is 1. The summed E-state index contributed by atoms with van der Waals surface area (Å²) >= 11 is 19.6. The maximum absolute atomic E-state index is 13.2. The maximum atomic E-state index is 13.2. The Kier molecular flexibility index (Phi) is 12.6. The van der Waals surface area contributed by atoms with Crippen molar-refractivity contribution in [1.29, 1.82) is 0 Å². The molecule has 45 heavy (non-hydrogen) atoms. The summed E-state index contributed by atoms with van der Waals surface area (Å²) in [5.74, 6) is -0.784. The smallest absolute Gasteiger partial charge is 0.272 e. The molecular weight excluding hydrogens is 653 g/mol. The fraction of sp³-hybridized carbons (Fsp3) is 0.286. The number of hydrogen-bond acceptors (Lipinski definition) is 6. The second-order valence-electron chi connectivity index (χ2n) is 10.5. The molecule has 5 atom stereocenters. The van der Waals surface area contributed by atoms with Crippen molar-refractivity contribution >= 4 is 52.5 Å². The Bertz CT molecular complexity index is 1450. The third-order valence-corrected chi connectivity index (χ3v) is 8.86. The van der Waals surface area contributed by atoms with Gasteiger partial charge in [-0.1, -0.05) is 156 Å². The van der Waals surface area contributed by atoms with Gasteiger partial charge in [0.1, 0.15) is 23.7 Å². The first-order valence-electron chi connectivity index (χ1n) is 14.5. The first kappa shape index (κ1) is 33.8. The van der Waals surface area contributed by atoms with Gasteiger partial charge >= 0.3 is 0 Å². The lowest BCUT2D eigenvalue weighted by molar-refractivity contribution is -0.216. The number of carbonyl (C=O) groups excluding carboxylic acids is 1. The fourth-order valence-corrected chi connectivity index (χ4v) is 6.27. The SMILES string of the molecule is O=C(NC1C(Sc2ccccc2)OC(COCc2ccccc2)C(OCc2ccccc2)C1OCc1ccccc1)C(Cl)(Cl)Cl. The predicted molar refractivity (Wildman–Crippen MR) is 179 cm³/mol. The quantitative estimate of drug-likeness (QED) is 0.145. The van der Waals surface area contributed by atoms with Gasteiger partial charge in [0.15, 0.2) is 0 Å². The average molecular weight is 687 g/mol. The summed E-state index contributed by atoms with van der Waals surface area (Å²) in [5, 5.41) is 2.92. The Morgan fingerprint density at radius 3 is 1.67 bits per heavy atom. The molecule has 0 spiro atoms. The van der Waals surface area contributed by atoms with Crippen LogP contribution in [-0.4, -0.2) is 46.1 Å². The Hall–Kier alpha value is -2.59. The Morgan fingerprint density at radius 1 is 0.689 bits per heavy atom. The van der Waals surface area contributed by atoms with Gasteiger partial charge in [0.25, 0.3) is 9.70 Å². The van der Waals surface area contributed by atoms with Gasteiger partial charge in [-0.15, -0.1) is 0 Å². The van der Waals surface area contributed by atoms with Gasteiger partial charge in [0.2, 0.25) is 0 Å². The van der Waals surface area contributed by atoms with Crippen LogP contribution in [0.5, 0.6) is 0 Å². The molecule has 1 N–H and O–H groups in total. The van der Waals surface area contributed by atoms with Gasteiger partial charge in [-0.2, -0.15) is 0 Å². The number of amides is 1. The van der Waals surface area contributed by atoms with Crippen LogP contribution in [0.25, 0.3) is 0 Å². The van der Waals surface area contributed by atoms with Crippen LogP contribution >= 0.6 is 46.6 Å². The van der Waals surface area contributed by atoms with E-state index in [9.17, 15) is 4.79 Å². The summed E-state index contributed by atoms with van der Waals surface area (Å²) in [4.78, 5) is 14.1. The van der Waals surface area contributed by atoms with Crippen molar-refractivity contribution in [2.24, 2.45) is 0 Å². The molecule has 0 saturated carbocycles. The van der Waals surface area contributed by atoms with Crippen molar-refractivity contribution in [2.45, 2.75) is 58.3 Å². The molecule has 0 bridgehead atoms. The zero-order valence-corrected chi connectivity index (χ0v) is 27.4. The van der Waals surface area contributed by atoms with E-state index in [2.05, 4.69) is 5.32 Å². The summed E-state index contributed by atoms with van der Waals surface area (Å²) < 4.78 is 24.0. The van der Waals surface area contributed by atoms with Gasteiger partial charge in [-0.3, -0.25) is 4.79 Å². The molecule has 1 fully saturated rings. The summed E-state index contributed by atoms with van der Waals surface area (Å²) in [7, 11) is 0. The molecule has 1 aliphatic heterocycles. The number of benzene rings is 4. The van der Waals surface area contributed by atoms with E-state index in [0.29, 0.717) is 6.61 Å². The van der Waals surface area contributed by atoms with Crippen LogP contribution in [0.15, 0.2) is 126 Å². The van der Waals surface area contributed by atoms with E-state index < -0.39 is 39.5 Å². The molecule has 4 aromatic carbocycles. The minimum atomic E-state index is -2.19. The Morgan fingerprint density at radius 2 is 1.16 bits per heavy atom. The van der Waals surface area contributed by atoms with Crippen molar-refractivity contribution in [1.82, 2.24) is 5.32 Å². The molecule has 5 rings (SSSR count). The van der Waals surface area contributed by atoms with E-state index in [1.807, 2.05) is 121 Å². The molecule has 6 nitrogen and oxygen atoms in total. The molecule has 0 radical (unpaired) electrons. The predicted octanol–water partition coefficient (Wildman–Crippen LogP) is 7.75. The highest BCUT2D eigenvalue weighted by atomic mass is 35.6. The minimum absolute atomic E-state index is 0.219. The van der Waals surface area contributed by atoms with E-state index in [1.54, 1.807) is 0 Å². The molecule has 1 amide bonds. The normalized spacial score (nSPS) is 21.7. The van der Waals surface area contributed by atoms with Crippen molar-refractivity contribution in [3.8, 4) is 0 Å². The molecule has 1 aliphatic rings. The zero-order valence-electron chi connectivity index (χ0n) is 24.3. The number of ether oxygens (including phenoxy) is 4. The lowest BCUT2D eigenvalue weighted by Gasteiger charge is -2.46. The van der Waals surface area contributed by atoms with E-state index in [4.69, 9.17) is 53.8 Å². The van der Waals surface area contributed by atoms with Crippen molar-refractivity contribution in [2.75, 3.05) is 6.61 Å². The second-order valence-corrected chi connectivity index (χ2v) is 13.9. The molecule has 1 saturated heterocycles. The van der Waals surface area contributed by atoms with Crippen LogP contribution in [0.4, 0.5) is 0 Å². The summed E-state index contributed by atoms with van der Waals surface area (Å²) in [5.41, 5.74) is 2.34. The highest BCUT2D eigenvalue weighted by molar-refractivity contribution is 7.99. The number of thioether (sulfide) groups is 1. The number of halogens is 3. The summed E-state index contributed by atoms with van der Waals surface area (Å²) in [6.07, 6.45) is -1.91. The number of carbonyl (C=O) groups is 1. The first-order chi connectivity index (χ1) is 21.9. The summed E-state index contributed by atoms with van der Waals surface area (Å²) in [6.45, 7) is 1.16. The third-order valence-electron chi connectivity index (χ3n) is 7.16. The largest absolute Gasteiger partial charge is 0.374 e. The molecule has 4 aromatic rings. The van der Waals surface area contributed by atoms with Crippen molar-refractivity contribution in [3.63, 3.8) is 0 Å². The monoisotopic (exact) mass is 685 g/mol. The van der Waals surface area contributed by atoms with Gasteiger partial charge in [-0.05, 0) is 28.8 Å². The number of alkyl halides is 3. The van der Waals surface area contributed by atoms with Gasteiger partial charge in [0.05, 0.1) is 32.5 Å². The molecule has 10 heteroatoms. The van der Waals surface area contributed by atoms with Gasteiger partial charge in [0, 0.05) is 4.90 Å². The first-order valence-corrected chi connectivity index (χ1v) is 16.6. The lowest BCUT2D eigenvalue weighted by Crippen LogP contribution is -2.65. The van der Waals surface area contributed by atoms with E-state index in [0.717, 1.165) is 21.6 Å². The Labute approximate surface area is 283 Å². The molecule has 0 aliphatic carbocycles. The number of rotatable bonds is 13. The molecule has 0 aromatic heterocycles. The van der Waals surface area contributed by atoms with Crippen LogP contribution in [-0.2, 0) is 43.6 Å². The highest BCUT2D eigenvalue weighted by Crippen LogP contribution is 2.37. The van der Waals surface area contributed by atoms with E-state index in [1.165, 1.54) is 11.8 Å². The highest BCUT2D eigenvalue weighted by Gasteiger charge is 2.50. The second kappa shape index (κ2) is 16.8. The van der Waals surface area contributed by atoms with Crippen LogP contribution in [0, 0.1) is 0 Å². The van der Waals surface area contributed by atoms with Gasteiger partial charge < -0.3 is 24.3 Å². The fourth-order valence-electron chi connectivity index (χ4n) is 4.96.